The number of hydrogen-bond donors (Lipinski definition) is 0. The molecule has 0 fully saturated rings. The summed E-state index contributed by atoms with van der Waals surface area (Å²) in [6, 6.07) is 11.2. The molecule has 0 aliphatic carbocycles. The second-order valence-electron chi connectivity index (χ2n) is 5.60. The number of benzene rings is 2. The molecular formula is C21H24O5. The number of methoxy groups -OCH3 is 4. The number of allylic oxidation sites excluding steroid dienone is 1. The van der Waals surface area contributed by atoms with Crippen LogP contribution in [0.2, 0.25) is 0 Å². The molecule has 0 aromatic heterocycles. The van der Waals surface area contributed by atoms with E-state index in [1.165, 1.54) is 0 Å². The molecular weight excluding hydrogens is 332 g/mol. The van der Waals surface area contributed by atoms with Gasteiger partial charge in [-0.05, 0) is 47.9 Å². The fourth-order valence-electron chi connectivity index (χ4n) is 2.53. The van der Waals surface area contributed by atoms with E-state index in [0.717, 1.165) is 11.1 Å². The van der Waals surface area contributed by atoms with Gasteiger partial charge in [-0.3, -0.25) is 4.79 Å². The van der Waals surface area contributed by atoms with E-state index >= 15 is 0 Å². The van der Waals surface area contributed by atoms with Crippen molar-refractivity contribution < 1.29 is 23.7 Å². The number of ether oxygens (including phenoxy) is 4. The predicted octanol–water partition coefficient (Wildman–Crippen LogP) is 3.94. The third kappa shape index (κ3) is 5.02. The zero-order valence-corrected chi connectivity index (χ0v) is 15.6. The molecule has 0 heterocycles. The van der Waals surface area contributed by atoms with Crippen molar-refractivity contribution in [3.05, 3.63) is 53.6 Å². The van der Waals surface area contributed by atoms with Gasteiger partial charge in [0.25, 0.3) is 0 Å². The van der Waals surface area contributed by atoms with E-state index in [9.17, 15) is 4.79 Å². The largest absolute Gasteiger partial charge is 0.493 e. The third-order valence-corrected chi connectivity index (χ3v) is 3.98. The maximum atomic E-state index is 12.1. The summed E-state index contributed by atoms with van der Waals surface area (Å²) in [5.74, 6) is 2.68. The van der Waals surface area contributed by atoms with Crippen LogP contribution >= 0.6 is 0 Å². The van der Waals surface area contributed by atoms with Crippen LogP contribution in [-0.4, -0.2) is 34.2 Å². The molecule has 5 nitrogen and oxygen atoms in total. The van der Waals surface area contributed by atoms with Gasteiger partial charge in [-0.2, -0.15) is 0 Å². The van der Waals surface area contributed by atoms with E-state index in [4.69, 9.17) is 18.9 Å². The van der Waals surface area contributed by atoms with Gasteiger partial charge in [0.15, 0.2) is 28.8 Å². The van der Waals surface area contributed by atoms with Gasteiger partial charge in [0.05, 0.1) is 28.4 Å². The lowest BCUT2D eigenvalue weighted by Gasteiger charge is -2.09. The average molecular weight is 356 g/mol. The summed E-state index contributed by atoms with van der Waals surface area (Å²) in [6.45, 7) is 0. The Labute approximate surface area is 154 Å². The minimum absolute atomic E-state index is 0.0505. The number of hydrogen-bond acceptors (Lipinski definition) is 5. The molecule has 2 aromatic rings. The summed E-state index contributed by atoms with van der Waals surface area (Å²) in [5, 5.41) is 0. The lowest BCUT2D eigenvalue weighted by atomic mass is 10.1. The van der Waals surface area contributed by atoms with Gasteiger partial charge in [0.2, 0.25) is 0 Å². The van der Waals surface area contributed by atoms with Crippen molar-refractivity contribution in [3.8, 4) is 23.0 Å². The predicted molar refractivity (Wildman–Crippen MR) is 101 cm³/mol. The number of rotatable bonds is 9. The second kappa shape index (κ2) is 9.51. The number of carbonyl (C=O) groups excluding carboxylic acids is 1. The average Bonchev–Trinajstić information content (AvgIpc) is 2.69. The van der Waals surface area contributed by atoms with Crippen LogP contribution in [0.5, 0.6) is 23.0 Å². The maximum Gasteiger partial charge on any atom is 0.161 e. The molecule has 0 saturated carbocycles. The van der Waals surface area contributed by atoms with Crippen LogP contribution in [0.1, 0.15) is 17.5 Å². The molecule has 0 saturated heterocycles. The van der Waals surface area contributed by atoms with Crippen molar-refractivity contribution in [2.45, 2.75) is 12.8 Å². The summed E-state index contributed by atoms with van der Waals surface area (Å²) >= 11 is 0. The van der Waals surface area contributed by atoms with Crippen molar-refractivity contribution in [2.24, 2.45) is 0 Å². The molecule has 138 valence electrons. The zero-order chi connectivity index (χ0) is 18.9. The third-order valence-electron chi connectivity index (χ3n) is 3.98. The molecule has 0 aliphatic rings. The minimum Gasteiger partial charge on any atom is -0.493 e. The molecule has 0 spiro atoms. The van der Waals surface area contributed by atoms with Gasteiger partial charge < -0.3 is 18.9 Å². The van der Waals surface area contributed by atoms with Crippen molar-refractivity contribution >= 4 is 11.9 Å². The van der Waals surface area contributed by atoms with E-state index in [0.29, 0.717) is 35.8 Å². The van der Waals surface area contributed by atoms with E-state index in [-0.39, 0.29) is 5.78 Å². The van der Waals surface area contributed by atoms with Gasteiger partial charge in [-0.25, -0.2) is 0 Å². The van der Waals surface area contributed by atoms with Crippen LogP contribution in [0.3, 0.4) is 0 Å². The summed E-state index contributed by atoms with van der Waals surface area (Å²) in [5.41, 5.74) is 1.90. The Kier molecular flexibility index (Phi) is 7.09. The second-order valence-corrected chi connectivity index (χ2v) is 5.60. The molecule has 2 rings (SSSR count). The quantitative estimate of drug-likeness (QED) is 0.637. The number of aryl methyl sites for hydroxylation is 1. The first-order valence-electron chi connectivity index (χ1n) is 8.25. The lowest BCUT2D eigenvalue weighted by molar-refractivity contribution is -0.114. The summed E-state index contributed by atoms with van der Waals surface area (Å²) in [4.78, 5) is 12.1. The molecule has 0 radical (unpaired) electrons. The van der Waals surface area contributed by atoms with Crippen LogP contribution in [0.25, 0.3) is 6.08 Å². The molecule has 0 N–H and O–H groups in total. The molecule has 0 bridgehead atoms. The molecule has 0 atom stereocenters. The Morgan fingerprint density at radius 2 is 1.38 bits per heavy atom. The Morgan fingerprint density at radius 1 is 0.808 bits per heavy atom. The van der Waals surface area contributed by atoms with Crippen molar-refractivity contribution in [1.82, 2.24) is 0 Å². The van der Waals surface area contributed by atoms with Crippen LogP contribution < -0.4 is 18.9 Å². The molecule has 26 heavy (non-hydrogen) atoms. The Morgan fingerprint density at radius 3 is 2.00 bits per heavy atom. The fourth-order valence-corrected chi connectivity index (χ4v) is 2.53. The van der Waals surface area contributed by atoms with Crippen LogP contribution in [0.4, 0.5) is 0 Å². The van der Waals surface area contributed by atoms with Gasteiger partial charge in [0.1, 0.15) is 0 Å². The fraction of sp³-hybridized carbons (Fsp3) is 0.286. The summed E-state index contributed by atoms with van der Waals surface area (Å²) in [7, 11) is 6.36. The van der Waals surface area contributed by atoms with Gasteiger partial charge in [-0.15, -0.1) is 0 Å². The minimum atomic E-state index is 0.0505. The molecule has 0 amide bonds. The monoisotopic (exact) mass is 356 g/mol. The first kappa shape index (κ1) is 19.4. The molecule has 5 heteroatoms. The maximum absolute atomic E-state index is 12.1. The highest BCUT2D eigenvalue weighted by Gasteiger charge is 2.06. The molecule has 0 aliphatic heterocycles. The zero-order valence-electron chi connectivity index (χ0n) is 15.6. The Bertz CT molecular complexity index is 780. The van der Waals surface area contributed by atoms with Crippen molar-refractivity contribution in [2.75, 3.05) is 28.4 Å². The summed E-state index contributed by atoms with van der Waals surface area (Å²) in [6.07, 6.45) is 4.41. The Balaban J connectivity index is 1.97. The highest BCUT2D eigenvalue weighted by Crippen LogP contribution is 2.29. The van der Waals surface area contributed by atoms with E-state index in [1.807, 2.05) is 36.4 Å². The lowest BCUT2D eigenvalue weighted by Crippen LogP contribution is -1.97. The summed E-state index contributed by atoms with van der Waals surface area (Å²) < 4.78 is 21.0. The highest BCUT2D eigenvalue weighted by atomic mass is 16.5. The van der Waals surface area contributed by atoms with Crippen LogP contribution in [-0.2, 0) is 11.2 Å². The normalized spacial score (nSPS) is 10.6. The van der Waals surface area contributed by atoms with E-state index in [1.54, 1.807) is 40.6 Å². The smallest absolute Gasteiger partial charge is 0.161 e. The van der Waals surface area contributed by atoms with Gasteiger partial charge >= 0.3 is 0 Å². The van der Waals surface area contributed by atoms with Gasteiger partial charge in [-0.1, -0.05) is 18.2 Å². The number of carbonyl (C=O) groups is 1. The highest BCUT2D eigenvalue weighted by molar-refractivity contribution is 5.93. The molecule has 2 aromatic carbocycles. The SMILES string of the molecule is COc1ccc(/C=C/C(=O)CCc2ccc(OC)c(OC)c2)cc1OC. The van der Waals surface area contributed by atoms with Gasteiger partial charge in [0, 0.05) is 6.42 Å². The first-order chi connectivity index (χ1) is 12.6. The molecule has 0 unspecified atom stereocenters. The van der Waals surface area contributed by atoms with Crippen molar-refractivity contribution in [3.63, 3.8) is 0 Å². The van der Waals surface area contributed by atoms with E-state index in [2.05, 4.69) is 0 Å². The van der Waals surface area contributed by atoms with E-state index < -0.39 is 0 Å². The topological polar surface area (TPSA) is 54.0 Å². The first-order valence-corrected chi connectivity index (χ1v) is 8.25. The van der Waals surface area contributed by atoms with Crippen LogP contribution in [0, 0.1) is 0 Å². The Hall–Kier alpha value is -2.95. The number of ketones is 1. The standard InChI is InChI=1S/C21H24O5/c1-23-18-11-7-15(13-20(18)25-3)5-9-17(22)10-6-16-8-12-19(24-2)21(14-16)26-4/h5,7-9,11-14H,6,10H2,1-4H3/b9-5+. The van der Waals surface area contributed by atoms with Crippen LogP contribution in [0.15, 0.2) is 42.5 Å². The van der Waals surface area contributed by atoms with Crippen molar-refractivity contribution in [1.29, 1.82) is 0 Å².